The van der Waals surface area contributed by atoms with Crippen LogP contribution in [0.3, 0.4) is 0 Å². The first kappa shape index (κ1) is 16.9. The van der Waals surface area contributed by atoms with Crippen molar-refractivity contribution in [1.29, 1.82) is 0 Å². The Morgan fingerprint density at radius 2 is 2.15 bits per heavy atom. The van der Waals surface area contributed by atoms with E-state index in [1.54, 1.807) is 6.07 Å². The summed E-state index contributed by atoms with van der Waals surface area (Å²) in [5, 5.41) is 1.21. The molecule has 1 aromatic carbocycles. The fraction of sp³-hybridized carbons (Fsp3) is 0.350. The molecule has 0 amide bonds. The summed E-state index contributed by atoms with van der Waals surface area (Å²) in [5.41, 5.74) is 3.04. The number of morpholine rings is 1. The zero-order chi connectivity index (χ0) is 17.8. The molecule has 3 aromatic rings. The van der Waals surface area contributed by atoms with Crippen molar-refractivity contribution in [2.75, 3.05) is 19.7 Å². The van der Waals surface area contributed by atoms with Crippen LogP contribution >= 0.6 is 0 Å². The van der Waals surface area contributed by atoms with Gasteiger partial charge < -0.3 is 9.72 Å². The van der Waals surface area contributed by atoms with Crippen molar-refractivity contribution < 1.29 is 4.74 Å². The number of hydrogen-bond donors (Lipinski definition) is 1. The average Bonchev–Trinajstić information content (AvgIpc) is 2.67. The van der Waals surface area contributed by atoms with E-state index in [1.807, 2.05) is 12.3 Å². The van der Waals surface area contributed by atoms with Crippen LogP contribution in [-0.2, 0) is 17.7 Å². The molecule has 1 atom stereocenters. The van der Waals surface area contributed by atoms with Crippen molar-refractivity contribution in [1.82, 2.24) is 19.9 Å². The Hall–Kier alpha value is -2.57. The van der Waals surface area contributed by atoms with Crippen LogP contribution in [-0.4, -0.2) is 45.7 Å². The van der Waals surface area contributed by atoms with Gasteiger partial charge in [-0.3, -0.25) is 14.7 Å². The number of benzene rings is 1. The first-order valence-corrected chi connectivity index (χ1v) is 8.98. The van der Waals surface area contributed by atoms with Gasteiger partial charge in [-0.05, 0) is 30.5 Å². The number of fused-ring (bicyclic) bond motifs is 1. The minimum Gasteiger partial charge on any atom is -0.376 e. The van der Waals surface area contributed by atoms with Crippen molar-refractivity contribution in [3.63, 3.8) is 0 Å². The minimum atomic E-state index is -0.106. The van der Waals surface area contributed by atoms with Gasteiger partial charge in [0.2, 0.25) is 0 Å². The van der Waals surface area contributed by atoms with Crippen LogP contribution in [0.2, 0.25) is 0 Å². The lowest BCUT2D eigenvalue weighted by Crippen LogP contribution is -2.42. The number of rotatable bonds is 5. The summed E-state index contributed by atoms with van der Waals surface area (Å²) in [4.78, 5) is 25.0. The molecular formula is C20H22N4O2. The fourth-order valence-electron chi connectivity index (χ4n) is 3.49. The van der Waals surface area contributed by atoms with E-state index in [4.69, 9.17) is 4.74 Å². The molecule has 4 rings (SSSR count). The van der Waals surface area contributed by atoms with Crippen molar-refractivity contribution in [2.24, 2.45) is 0 Å². The molecule has 0 saturated carbocycles. The Labute approximate surface area is 151 Å². The summed E-state index contributed by atoms with van der Waals surface area (Å²) in [6.45, 7) is 3.44. The van der Waals surface area contributed by atoms with Crippen LogP contribution in [0.25, 0.3) is 10.9 Å². The molecule has 1 aliphatic heterocycles. The van der Waals surface area contributed by atoms with Gasteiger partial charge in [0.05, 0.1) is 24.6 Å². The summed E-state index contributed by atoms with van der Waals surface area (Å²) in [6, 6.07) is 11.9. The second kappa shape index (κ2) is 7.76. The van der Waals surface area contributed by atoms with Gasteiger partial charge in [0, 0.05) is 43.0 Å². The molecule has 1 aliphatic rings. The van der Waals surface area contributed by atoms with Crippen LogP contribution in [0.15, 0.2) is 53.7 Å². The van der Waals surface area contributed by atoms with Gasteiger partial charge in [0.25, 0.3) is 5.56 Å². The van der Waals surface area contributed by atoms with Gasteiger partial charge in [-0.2, -0.15) is 0 Å². The van der Waals surface area contributed by atoms with E-state index in [0.29, 0.717) is 0 Å². The molecule has 0 aliphatic carbocycles. The van der Waals surface area contributed by atoms with Crippen molar-refractivity contribution >= 4 is 10.9 Å². The highest BCUT2D eigenvalue weighted by molar-refractivity contribution is 5.81. The van der Waals surface area contributed by atoms with E-state index in [1.165, 1.54) is 17.3 Å². The second-order valence-electron chi connectivity index (χ2n) is 6.66. The molecule has 0 bridgehead atoms. The number of nitrogens with zero attached hydrogens (tertiary/aromatic N) is 3. The Morgan fingerprint density at radius 1 is 1.23 bits per heavy atom. The Morgan fingerprint density at radius 3 is 3.08 bits per heavy atom. The SMILES string of the molecule is O=c1cc(CCC2CN(Cc3ccnc4ccccc34)CCO2)nc[nH]1. The minimum absolute atomic E-state index is 0.106. The van der Waals surface area contributed by atoms with Crippen LogP contribution in [0.5, 0.6) is 0 Å². The summed E-state index contributed by atoms with van der Waals surface area (Å²) in [7, 11) is 0. The molecule has 134 valence electrons. The molecule has 2 aromatic heterocycles. The van der Waals surface area contributed by atoms with Crippen molar-refractivity contribution in [2.45, 2.75) is 25.5 Å². The number of pyridine rings is 1. The third-order valence-electron chi connectivity index (χ3n) is 4.81. The number of ether oxygens (including phenoxy) is 1. The maximum Gasteiger partial charge on any atom is 0.250 e. The lowest BCUT2D eigenvalue weighted by atomic mass is 10.1. The molecule has 6 heteroatoms. The zero-order valence-electron chi connectivity index (χ0n) is 14.6. The maximum absolute atomic E-state index is 11.4. The van der Waals surface area contributed by atoms with Gasteiger partial charge in [0.15, 0.2) is 0 Å². The monoisotopic (exact) mass is 350 g/mol. The smallest absolute Gasteiger partial charge is 0.250 e. The molecule has 3 heterocycles. The Balaban J connectivity index is 1.39. The van der Waals surface area contributed by atoms with E-state index in [0.717, 1.165) is 50.3 Å². The number of aromatic nitrogens is 3. The first-order valence-electron chi connectivity index (χ1n) is 8.98. The molecular weight excluding hydrogens is 328 g/mol. The zero-order valence-corrected chi connectivity index (χ0v) is 14.6. The predicted molar refractivity (Wildman–Crippen MR) is 99.9 cm³/mol. The predicted octanol–water partition coefficient (Wildman–Crippen LogP) is 2.15. The Kier molecular flexibility index (Phi) is 5.04. The summed E-state index contributed by atoms with van der Waals surface area (Å²) in [5.74, 6) is 0. The third kappa shape index (κ3) is 3.98. The second-order valence-corrected chi connectivity index (χ2v) is 6.66. The maximum atomic E-state index is 11.4. The van der Waals surface area contributed by atoms with Crippen LogP contribution in [0.4, 0.5) is 0 Å². The molecule has 0 spiro atoms. The summed E-state index contributed by atoms with van der Waals surface area (Å²) >= 11 is 0. The molecule has 1 N–H and O–H groups in total. The molecule has 1 fully saturated rings. The van der Waals surface area contributed by atoms with E-state index in [-0.39, 0.29) is 11.7 Å². The summed E-state index contributed by atoms with van der Waals surface area (Å²) < 4.78 is 5.92. The molecule has 6 nitrogen and oxygen atoms in total. The fourth-order valence-corrected chi connectivity index (χ4v) is 3.49. The van der Waals surface area contributed by atoms with Gasteiger partial charge >= 0.3 is 0 Å². The lowest BCUT2D eigenvalue weighted by Gasteiger charge is -2.33. The molecule has 1 saturated heterocycles. The summed E-state index contributed by atoms with van der Waals surface area (Å²) in [6.07, 6.45) is 5.12. The van der Waals surface area contributed by atoms with Crippen molar-refractivity contribution in [3.8, 4) is 0 Å². The highest BCUT2D eigenvalue weighted by Crippen LogP contribution is 2.20. The largest absolute Gasteiger partial charge is 0.376 e. The van der Waals surface area contributed by atoms with Gasteiger partial charge in [-0.1, -0.05) is 18.2 Å². The number of para-hydroxylation sites is 1. The van der Waals surface area contributed by atoms with Crippen LogP contribution in [0, 0.1) is 0 Å². The van der Waals surface area contributed by atoms with Crippen LogP contribution in [0.1, 0.15) is 17.7 Å². The van der Waals surface area contributed by atoms with Gasteiger partial charge in [0.1, 0.15) is 0 Å². The number of nitrogens with one attached hydrogen (secondary N) is 1. The first-order chi connectivity index (χ1) is 12.8. The molecule has 1 unspecified atom stereocenters. The van der Waals surface area contributed by atoms with E-state index in [9.17, 15) is 4.79 Å². The Bertz CT molecular complexity index is 935. The standard InChI is InChI=1S/C20H22N4O2/c25-20-11-16(22-14-23-20)5-6-17-13-24(9-10-26-17)12-15-7-8-21-19-4-2-1-3-18(15)19/h1-4,7-8,11,14,17H,5-6,9-10,12-13H2,(H,22,23,25). The van der Waals surface area contributed by atoms with E-state index >= 15 is 0 Å². The molecule has 26 heavy (non-hydrogen) atoms. The normalized spacial score (nSPS) is 18.2. The van der Waals surface area contributed by atoms with Gasteiger partial charge in [-0.15, -0.1) is 0 Å². The molecule has 0 radical (unpaired) electrons. The lowest BCUT2D eigenvalue weighted by molar-refractivity contribution is -0.0345. The van der Waals surface area contributed by atoms with Crippen LogP contribution < -0.4 is 5.56 Å². The third-order valence-corrected chi connectivity index (χ3v) is 4.81. The number of H-pyrrole nitrogens is 1. The quantitative estimate of drug-likeness (QED) is 0.763. The van der Waals surface area contributed by atoms with E-state index < -0.39 is 0 Å². The van der Waals surface area contributed by atoms with E-state index in [2.05, 4.69) is 44.1 Å². The highest BCUT2D eigenvalue weighted by Gasteiger charge is 2.21. The topological polar surface area (TPSA) is 71.1 Å². The highest BCUT2D eigenvalue weighted by atomic mass is 16.5. The van der Waals surface area contributed by atoms with Crippen molar-refractivity contribution in [3.05, 3.63) is 70.5 Å². The average molecular weight is 350 g/mol. The van der Waals surface area contributed by atoms with Gasteiger partial charge in [-0.25, -0.2) is 4.98 Å². The number of aromatic amines is 1. The number of aryl methyl sites for hydroxylation is 1. The number of hydrogen-bond acceptors (Lipinski definition) is 5.